The lowest BCUT2D eigenvalue weighted by atomic mass is 10.2. The van der Waals surface area contributed by atoms with Gasteiger partial charge in [-0.15, -0.1) is 0 Å². The molecule has 1 nitrogen and oxygen atoms in total. The fourth-order valence-electron chi connectivity index (χ4n) is 0.525. The van der Waals surface area contributed by atoms with Crippen LogP contribution >= 0.6 is 25.3 Å². The number of aliphatic hydroxyl groups excluding tert-OH is 1. The summed E-state index contributed by atoms with van der Waals surface area (Å²) in [5, 5.41) is 9.11. The average molecular weight is 166 g/mol. The van der Waals surface area contributed by atoms with Crippen molar-refractivity contribution < 1.29 is 5.11 Å². The first-order chi connectivity index (χ1) is 4.16. The van der Waals surface area contributed by atoms with Gasteiger partial charge in [0.2, 0.25) is 0 Å². The minimum atomic E-state index is 0.139. The summed E-state index contributed by atoms with van der Waals surface area (Å²) in [6, 6.07) is 0. The molecule has 0 heterocycles. The van der Waals surface area contributed by atoms with Crippen molar-refractivity contribution in [3.8, 4) is 0 Å². The second-order valence-corrected chi connectivity index (χ2v) is 3.87. The van der Waals surface area contributed by atoms with E-state index >= 15 is 0 Å². The van der Waals surface area contributed by atoms with Crippen molar-refractivity contribution in [2.45, 2.75) is 30.3 Å². The molecular weight excluding hydrogens is 152 g/mol. The van der Waals surface area contributed by atoms with E-state index in [2.05, 4.69) is 25.3 Å². The summed E-state index contributed by atoms with van der Waals surface area (Å²) < 4.78 is 0. The zero-order valence-electron chi connectivity index (χ0n) is 5.62. The number of aliphatic hydroxyl groups is 1. The first-order valence-corrected chi connectivity index (χ1v) is 4.17. The van der Waals surface area contributed by atoms with E-state index in [-0.39, 0.29) is 11.9 Å². The van der Waals surface area contributed by atoms with E-state index in [1.807, 2.05) is 6.92 Å². The predicted octanol–water partition coefficient (Wildman–Crippen LogP) is 1.38. The van der Waals surface area contributed by atoms with Crippen LogP contribution in [0.25, 0.3) is 0 Å². The molecule has 0 radical (unpaired) electrons. The fraction of sp³-hybridized carbons (Fsp3) is 1.00. The highest BCUT2D eigenvalue weighted by Gasteiger charge is 2.01. The Morgan fingerprint density at radius 3 is 2.22 bits per heavy atom. The second kappa shape index (κ2) is 5.45. The lowest BCUT2D eigenvalue weighted by Gasteiger charge is -2.07. The molecule has 0 aliphatic heterocycles. The highest BCUT2D eigenvalue weighted by atomic mass is 32.1. The summed E-state index contributed by atoms with van der Waals surface area (Å²) in [6.45, 7) is 2.21. The topological polar surface area (TPSA) is 20.2 Å². The van der Waals surface area contributed by atoms with E-state index in [4.69, 9.17) is 5.11 Å². The predicted molar refractivity (Wildman–Crippen MR) is 47.5 cm³/mol. The maximum Gasteiger partial charge on any atom is 0.0547 e. The van der Waals surface area contributed by atoms with Crippen molar-refractivity contribution in [1.82, 2.24) is 0 Å². The van der Waals surface area contributed by atoms with E-state index < -0.39 is 0 Å². The first-order valence-electron chi connectivity index (χ1n) is 3.13. The second-order valence-electron chi connectivity index (χ2n) is 2.26. The molecule has 0 aliphatic carbocycles. The van der Waals surface area contributed by atoms with E-state index in [0.717, 1.165) is 12.8 Å². The Balaban J connectivity index is 3.06. The summed E-state index contributed by atoms with van der Waals surface area (Å²) in [5.74, 6) is 0. The maximum atomic E-state index is 8.55. The van der Waals surface area contributed by atoms with Gasteiger partial charge < -0.3 is 5.11 Å². The molecule has 0 fully saturated rings. The summed E-state index contributed by atoms with van der Waals surface area (Å²) in [5.41, 5.74) is 0. The fourth-order valence-corrected chi connectivity index (χ4v) is 0.823. The van der Waals surface area contributed by atoms with E-state index in [9.17, 15) is 0 Å². The van der Waals surface area contributed by atoms with Crippen LogP contribution in [0.1, 0.15) is 19.8 Å². The highest BCUT2D eigenvalue weighted by molar-refractivity contribution is 7.81. The van der Waals surface area contributed by atoms with Gasteiger partial charge in [0.1, 0.15) is 0 Å². The van der Waals surface area contributed by atoms with E-state index in [1.54, 1.807) is 0 Å². The summed E-state index contributed by atoms with van der Waals surface area (Å²) >= 11 is 8.32. The van der Waals surface area contributed by atoms with Crippen LogP contribution in [0.2, 0.25) is 0 Å². The molecule has 0 spiro atoms. The van der Waals surface area contributed by atoms with Gasteiger partial charge in [0, 0.05) is 5.25 Å². The van der Waals surface area contributed by atoms with E-state index in [1.165, 1.54) is 0 Å². The smallest absolute Gasteiger partial charge is 0.0547 e. The molecule has 2 atom stereocenters. The minimum absolute atomic E-state index is 0.139. The minimum Gasteiger partial charge on any atom is -0.395 e. The van der Waals surface area contributed by atoms with Gasteiger partial charge in [0.15, 0.2) is 0 Å². The monoisotopic (exact) mass is 166 g/mol. The molecule has 0 aromatic heterocycles. The Bertz CT molecular complexity index is 66.1. The summed E-state index contributed by atoms with van der Waals surface area (Å²) in [4.78, 5) is 0. The Labute approximate surface area is 67.7 Å². The Hall–Kier alpha value is 0.660. The molecule has 2 unspecified atom stereocenters. The molecule has 56 valence electrons. The standard InChI is InChI=1S/C6H14OS2/c1-5(8)2-3-6(9)4-7/h5-9H,2-4H2,1H3. The van der Waals surface area contributed by atoms with Gasteiger partial charge in [-0.25, -0.2) is 0 Å². The highest BCUT2D eigenvalue weighted by Crippen LogP contribution is 2.09. The van der Waals surface area contributed by atoms with Crippen molar-refractivity contribution >= 4 is 25.3 Å². The SMILES string of the molecule is CC(S)CCC(S)CO. The summed E-state index contributed by atoms with van der Waals surface area (Å²) in [6.07, 6.45) is 1.97. The third-order valence-corrected chi connectivity index (χ3v) is 1.81. The van der Waals surface area contributed by atoms with Crippen molar-refractivity contribution in [2.24, 2.45) is 0 Å². The van der Waals surface area contributed by atoms with Gasteiger partial charge in [0.05, 0.1) is 6.61 Å². The van der Waals surface area contributed by atoms with Gasteiger partial charge >= 0.3 is 0 Å². The molecule has 0 aliphatic rings. The van der Waals surface area contributed by atoms with Crippen LogP contribution in [0.15, 0.2) is 0 Å². The molecule has 0 aromatic carbocycles. The molecule has 0 rings (SSSR count). The quantitative estimate of drug-likeness (QED) is 0.539. The molecular formula is C6H14OS2. The third-order valence-electron chi connectivity index (χ3n) is 1.13. The lowest BCUT2D eigenvalue weighted by molar-refractivity contribution is 0.290. The van der Waals surface area contributed by atoms with Crippen LogP contribution in [-0.4, -0.2) is 22.2 Å². The van der Waals surface area contributed by atoms with Crippen LogP contribution in [0, 0.1) is 0 Å². The zero-order valence-corrected chi connectivity index (χ0v) is 7.41. The van der Waals surface area contributed by atoms with Crippen LogP contribution in [-0.2, 0) is 0 Å². The average Bonchev–Trinajstić information content (AvgIpc) is 1.83. The van der Waals surface area contributed by atoms with Gasteiger partial charge in [-0.3, -0.25) is 0 Å². The third kappa shape index (κ3) is 6.55. The molecule has 0 amide bonds. The Morgan fingerprint density at radius 2 is 1.89 bits per heavy atom. The van der Waals surface area contributed by atoms with Gasteiger partial charge in [-0.2, -0.15) is 25.3 Å². The lowest BCUT2D eigenvalue weighted by Crippen LogP contribution is -2.06. The molecule has 3 heteroatoms. The number of rotatable bonds is 4. The zero-order chi connectivity index (χ0) is 7.28. The molecule has 0 saturated heterocycles. The largest absolute Gasteiger partial charge is 0.395 e. The van der Waals surface area contributed by atoms with Crippen molar-refractivity contribution in [3.05, 3.63) is 0 Å². The first kappa shape index (κ1) is 9.66. The number of hydrogen-bond acceptors (Lipinski definition) is 3. The maximum absolute atomic E-state index is 8.55. The van der Waals surface area contributed by atoms with Gasteiger partial charge in [0.25, 0.3) is 0 Å². The van der Waals surface area contributed by atoms with Crippen LogP contribution in [0.3, 0.4) is 0 Å². The Morgan fingerprint density at radius 1 is 1.33 bits per heavy atom. The number of thiol groups is 2. The van der Waals surface area contributed by atoms with Crippen molar-refractivity contribution in [2.75, 3.05) is 6.61 Å². The van der Waals surface area contributed by atoms with Crippen LogP contribution in [0.4, 0.5) is 0 Å². The van der Waals surface area contributed by atoms with E-state index in [0.29, 0.717) is 5.25 Å². The van der Waals surface area contributed by atoms with Crippen molar-refractivity contribution in [1.29, 1.82) is 0 Å². The number of hydrogen-bond donors (Lipinski definition) is 3. The van der Waals surface area contributed by atoms with Crippen LogP contribution in [0.5, 0.6) is 0 Å². The van der Waals surface area contributed by atoms with Gasteiger partial charge in [-0.05, 0) is 18.1 Å². The molecule has 0 saturated carbocycles. The normalized spacial score (nSPS) is 17.3. The summed E-state index contributed by atoms with van der Waals surface area (Å²) in [7, 11) is 0. The molecule has 0 aromatic rings. The molecule has 1 N–H and O–H groups in total. The van der Waals surface area contributed by atoms with Crippen molar-refractivity contribution in [3.63, 3.8) is 0 Å². The molecule has 9 heavy (non-hydrogen) atoms. The van der Waals surface area contributed by atoms with Gasteiger partial charge in [-0.1, -0.05) is 6.92 Å². The Kier molecular flexibility index (Phi) is 5.84. The van der Waals surface area contributed by atoms with Crippen LogP contribution < -0.4 is 0 Å². The molecule has 0 bridgehead atoms.